The molecule has 1 aliphatic heterocycles. The van der Waals surface area contributed by atoms with Crippen LogP contribution in [0.15, 0.2) is 0 Å². The van der Waals surface area contributed by atoms with E-state index in [1.54, 1.807) is 6.92 Å². The van der Waals surface area contributed by atoms with Crippen molar-refractivity contribution in [3.63, 3.8) is 0 Å². The van der Waals surface area contributed by atoms with E-state index in [1.165, 1.54) is 6.42 Å². The van der Waals surface area contributed by atoms with Gasteiger partial charge < -0.3 is 10.2 Å². The van der Waals surface area contributed by atoms with Crippen LogP contribution in [0, 0.1) is 0 Å². The van der Waals surface area contributed by atoms with Crippen molar-refractivity contribution < 1.29 is 14.4 Å². The summed E-state index contributed by atoms with van der Waals surface area (Å²) in [6.07, 6.45) is 10.4. The van der Waals surface area contributed by atoms with Crippen molar-refractivity contribution in [2.45, 2.75) is 96.6 Å². The van der Waals surface area contributed by atoms with Gasteiger partial charge in [0.05, 0.1) is 0 Å². The molecule has 0 aromatic rings. The summed E-state index contributed by atoms with van der Waals surface area (Å²) in [5.41, 5.74) is -0.868. The molecule has 26 heavy (non-hydrogen) atoms. The van der Waals surface area contributed by atoms with Crippen molar-refractivity contribution in [3.8, 4) is 0 Å². The normalized spacial score (nSPS) is 24.0. The maximum absolute atomic E-state index is 12.8. The second-order valence-electron chi connectivity index (χ2n) is 7.94. The molecule has 6 heteroatoms. The first-order valence-electron chi connectivity index (χ1n) is 10.4. The molecule has 0 aromatic heterocycles. The van der Waals surface area contributed by atoms with E-state index in [9.17, 15) is 14.4 Å². The summed E-state index contributed by atoms with van der Waals surface area (Å²) in [6, 6.07) is -0.177. The zero-order valence-corrected chi connectivity index (χ0v) is 16.7. The monoisotopic (exact) mass is 365 g/mol. The first kappa shape index (κ1) is 20.7. The molecule has 6 nitrogen and oxygen atoms in total. The van der Waals surface area contributed by atoms with Gasteiger partial charge in [0.2, 0.25) is 5.91 Å². The Labute approximate surface area is 157 Å². The number of nitrogens with one attached hydrogen (secondary N) is 1. The lowest BCUT2D eigenvalue weighted by atomic mass is 9.93. The van der Waals surface area contributed by atoms with Gasteiger partial charge in [0.15, 0.2) is 0 Å². The van der Waals surface area contributed by atoms with Gasteiger partial charge >= 0.3 is 6.03 Å². The first-order valence-corrected chi connectivity index (χ1v) is 10.4. The van der Waals surface area contributed by atoms with Gasteiger partial charge in [-0.1, -0.05) is 51.9 Å². The number of urea groups is 1. The van der Waals surface area contributed by atoms with Gasteiger partial charge in [0.25, 0.3) is 5.91 Å². The molecule has 1 atom stereocenters. The zero-order chi connectivity index (χ0) is 19.2. The number of carbonyl (C=O) groups is 3. The van der Waals surface area contributed by atoms with Crippen LogP contribution in [-0.2, 0) is 9.59 Å². The van der Waals surface area contributed by atoms with E-state index < -0.39 is 11.6 Å². The van der Waals surface area contributed by atoms with Crippen molar-refractivity contribution in [2.24, 2.45) is 0 Å². The fraction of sp³-hybridized carbons (Fsp3) is 0.850. The standard InChI is InChI=1S/C20H35N3O3/c1-4-6-7-11-14-20(3)18(25)23(19(26)21-20)15-17(24)22(5-2)16-12-9-8-10-13-16/h16H,4-15H2,1-3H3,(H,21,26). The van der Waals surface area contributed by atoms with Crippen LogP contribution in [0.1, 0.15) is 85.0 Å². The number of hydrogen-bond acceptors (Lipinski definition) is 3. The quantitative estimate of drug-likeness (QED) is 0.502. The van der Waals surface area contributed by atoms with Gasteiger partial charge in [-0.3, -0.25) is 14.5 Å². The van der Waals surface area contributed by atoms with E-state index in [-0.39, 0.29) is 24.4 Å². The largest absolute Gasteiger partial charge is 0.338 e. The summed E-state index contributed by atoms with van der Waals surface area (Å²) in [5.74, 6) is -0.370. The Bertz CT molecular complexity index is 516. The summed E-state index contributed by atoms with van der Waals surface area (Å²) >= 11 is 0. The Morgan fingerprint density at radius 2 is 1.85 bits per heavy atom. The average molecular weight is 366 g/mol. The maximum Gasteiger partial charge on any atom is 0.325 e. The minimum absolute atomic E-state index is 0.113. The number of hydrogen-bond donors (Lipinski definition) is 1. The highest BCUT2D eigenvalue weighted by Crippen LogP contribution is 2.26. The van der Waals surface area contributed by atoms with Crippen LogP contribution in [-0.4, -0.2) is 52.3 Å². The van der Waals surface area contributed by atoms with Gasteiger partial charge in [-0.2, -0.15) is 0 Å². The molecule has 0 radical (unpaired) electrons. The lowest BCUT2D eigenvalue weighted by molar-refractivity contribution is -0.140. The molecule has 1 N–H and O–H groups in total. The van der Waals surface area contributed by atoms with Crippen LogP contribution < -0.4 is 5.32 Å². The number of imide groups is 1. The Kier molecular flexibility index (Phi) is 7.47. The third kappa shape index (κ3) is 4.77. The van der Waals surface area contributed by atoms with Crippen LogP contribution in [0.3, 0.4) is 0 Å². The second kappa shape index (κ2) is 9.38. The molecule has 1 heterocycles. The van der Waals surface area contributed by atoms with Crippen molar-refractivity contribution in [3.05, 3.63) is 0 Å². The fourth-order valence-electron chi connectivity index (χ4n) is 4.22. The molecule has 1 aliphatic carbocycles. The molecule has 4 amide bonds. The molecule has 2 aliphatic rings. The molecule has 2 fully saturated rings. The van der Waals surface area contributed by atoms with E-state index in [0.717, 1.165) is 56.3 Å². The third-order valence-electron chi connectivity index (χ3n) is 5.85. The Morgan fingerprint density at radius 3 is 2.46 bits per heavy atom. The predicted molar refractivity (Wildman–Crippen MR) is 102 cm³/mol. The fourth-order valence-corrected chi connectivity index (χ4v) is 4.22. The van der Waals surface area contributed by atoms with E-state index in [1.807, 2.05) is 11.8 Å². The van der Waals surface area contributed by atoms with Crippen LogP contribution >= 0.6 is 0 Å². The van der Waals surface area contributed by atoms with E-state index >= 15 is 0 Å². The van der Waals surface area contributed by atoms with E-state index in [2.05, 4.69) is 12.2 Å². The Balaban J connectivity index is 1.95. The Hall–Kier alpha value is -1.59. The molecule has 1 saturated carbocycles. The molecule has 2 rings (SSSR count). The highest BCUT2D eigenvalue weighted by molar-refractivity contribution is 6.08. The van der Waals surface area contributed by atoms with Gasteiger partial charge in [0.1, 0.15) is 12.1 Å². The van der Waals surface area contributed by atoms with Crippen LogP contribution in [0.25, 0.3) is 0 Å². The highest BCUT2D eigenvalue weighted by Gasteiger charge is 2.48. The number of amides is 4. The zero-order valence-electron chi connectivity index (χ0n) is 16.7. The third-order valence-corrected chi connectivity index (χ3v) is 5.85. The molecular formula is C20H35N3O3. The predicted octanol–water partition coefficient (Wildman–Crippen LogP) is 3.45. The topological polar surface area (TPSA) is 69.7 Å². The molecule has 0 aromatic carbocycles. The minimum Gasteiger partial charge on any atom is -0.338 e. The minimum atomic E-state index is -0.868. The maximum atomic E-state index is 12.8. The lowest BCUT2D eigenvalue weighted by Crippen LogP contribution is -2.48. The van der Waals surface area contributed by atoms with Gasteiger partial charge in [-0.15, -0.1) is 0 Å². The SMILES string of the molecule is CCCCCCC1(C)NC(=O)N(CC(=O)N(CC)C2CCCCC2)C1=O. The summed E-state index contributed by atoms with van der Waals surface area (Å²) in [7, 11) is 0. The number of likely N-dealkylation sites (N-methyl/N-ethyl adjacent to an activating group) is 1. The Morgan fingerprint density at radius 1 is 1.15 bits per heavy atom. The molecule has 1 saturated heterocycles. The number of carbonyl (C=O) groups excluding carboxylic acids is 3. The summed E-state index contributed by atoms with van der Waals surface area (Å²) in [4.78, 5) is 40.9. The van der Waals surface area contributed by atoms with Crippen molar-refractivity contribution in [1.29, 1.82) is 0 Å². The summed E-state index contributed by atoms with van der Waals surface area (Å²) in [6.45, 7) is 6.38. The van der Waals surface area contributed by atoms with Gasteiger partial charge in [-0.05, 0) is 33.1 Å². The van der Waals surface area contributed by atoms with E-state index in [0.29, 0.717) is 13.0 Å². The molecule has 0 bridgehead atoms. The summed E-state index contributed by atoms with van der Waals surface area (Å²) in [5, 5.41) is 2.82. The molecule has 148 valence electrons. The number of nitrogens with zero attached hydrogens (tertiary/aromatic N) is 2. The van der Waals surface area contributed by atoms with Crippen molar-refractivity contribution in [2.75, 3.05) is 13.1 Å². The lowest BCUT2D eigenvalue weighted by Gasteiger charge is -2.34. The number of unbranched alkanes of at least 4 members (excludes halogenated alkanes) is 3. The van der Waals surface area contributed by atoms with Crippen LogP contribution in [0.2, 0.25) is 0 Å². The molecule has 1 unspecified atom stereocenters. The van der Waals surface area contributed by atoms with Crippen molar-refractivity contribution >= 4 is 17.8 Å². The highest BCUT2D eigenvalue weighted by atomic mass is 16.2. The van der Waals surface area contributed by atoms with Gasteiger partial charge in [0, 0.05) is 12.6 Å². The smallest absolute Gasteiger partial charge is 0.325 e. The van der Waals surface area contributed by atoms with Crippen LogP contribution in [0.5, 0.6) is 0 Å². The second-order valence-corrected chi connectivity index (χ2v) is 7.94. The summed E-state index contributed by atoms with van der Waals surface area (Å²) < 4.78 is 0. The van der Waals surface area contributed by atoms with Crippen LogP contribution in [0.4, 0.5) is 4.79 Å². The van der Waals surface area contributed by atoms with E-state index in [4.69, 9.17) is 0 Å². The van der Waals surface area contributed by atoms with Gasteiger partial charge in [-0.25, -0.2) is 4.79 Å². The molecular weight excluding hydrogens is 330 g/mol. The first-order chi connectivity index (χ1) is 12.4. The molecule has 0 spiro atoms. The van der Waals surface area contributed by atoms with Crippen molar-refractivity contribution in [1.82, 2.24) is 15.1 Å². The number of rotatable bonds is 9. The average Bonchev–Trinajstić information content (AvgIpc) is 2.84.